The molecule has 1 aromatic carbocycles. The Kier molecular flexibility index (Phi) is 6.73. The fourth-order valence-corrected chi connectivity index (χ4v) is 2.57. The second-order valence-electron chi connectivity index (χ2n) is 3.99. The smallest absolute Gasteiger partial charge is 0.305 e. The van der Waals surface area contributed by atoms with Crippen LogP contribution in [0.3, 0.4) is 0 Å². The summed E-state index contributed by atoms with van der Waals surface area (Å²) in [4.78, 5) is 24.5. The molecule has 6 heteroatoms. The molecule has 0 aliphatic rings. The summed E-state index contributed by atoms with van der Waals surface area (Å²) in [7, 11) is 1.62. The average Bonchev–Trinajstić information content (AvgIpc) is 2.38. The lowest BCUT2D eigenvalue weighted by Gasteiger charge is -2.15. The number of aliphatic carboxylic acids is 1. The van der Waals surface area contributed by atoms with Crippen LogP contribution in [-0.4, -0.2) is 41.2 Å². The van der Waals surface area contributed by atoms with E-state index in [2.05, 4.69) is 0 Å². The van der Waals surface area contributed by atoms with Gasteiger partial charge < -0.3 is 10.0 Å². The van der Waals surface area contributed by atoms with Gasteiger partial charge in [-0.2, -0.15) is 0 Å². The Balaban J connectivity index is 2.31. The first kappa shape index (κ1) is 15.9. The SMILES string of the molecule is CN(CCC(=O)O)C(=O)CCSc1ccccc1Cl. The van der Waals surface area contributed by atoms with E-state index in [1.165, 1.54) is 16.7 Å². The van der Waals surface area contributed by atoms with E-state index >= 15 is 0 Å². The number of hydrogen-bond acceptors (Lipinski definition) is 3. The van der Waals surface area contributed by atoms with Crippen molar-refractivity contribution in [2.75, 3.05) is 19.3 Å². The molecule has 1 amide bonds. The highest BCUT2D eigenvalue weighted by Gasteiger charge is 2.10. The first-order chi connectivity index (χ1) is 9.00. The van der Waals surface area contributed by atoms with Crippen LogP contribution < -0.4 is 0 Å². The van der Waals surface area contributed by atoms with Gasteiger partial charge in [-0.25, -0.2) is 0 Å². The number of carboxylic acids is 1. The Morgan fingerprint density at radius 3 is 2.63 bits per heavy atom. The number of halogens is 1. The van der Waals surface area contributed by atoms with E-state index in [1.54, 1.807) is 7.05 Å². The Labute approximate surface area is 121 Å². The lowest BCUT2D eigenvalue weighted by atomic mass is 10.3. The van der Waals surface area contributed by atoms with Crippen molar-refractivity contribution in [1.29, 1.82) is 0 Å². The van der Waals surface area contributed by atoms with Gasteiger partial charge in [0.2, 0.25) is 5.91 Å². The topological polar surface area (TPSA) is 57.6 Å². The first-order valence-corrected chi connectivity index (χ1v) is 7.20. The van der Waals surface area contributed by atoms with Crippen LogP contribution in [0.25, 0.3) is 0 Å². The molecule has 1 N–H and O–H groups in total. The van der Waals surface area contributed by atoms with Crippen molar-refractivity contribution >= 4 is 35.2 Å². The molecule has 1 aromatic rings. The number of benzene rings is 1. The molecule has 0 saturated heterocycles. The van der Waals surface area contributed by atoms with Crippen LogP contribution >= 0.6 is 23.4 Å². The molecule has 0 spiro atoms. The highest BCUT2D eigenvalue weighted by Crippen LogP contribution is 2.26. The molecule has 0 heterocycles. The zero-order valence-electron chi connectivity index (χ0n) is 10.6. The third kappa shape index (κ3) is 5.98. The predicted molar refractivity (Wildman–Crippen MR) is 76.7 cm³/mol. The third-order valence-corrected chi connectivity index (χ3v) is 4.01. The maximum Gasteiger partial charge on any atom is 0.305 e. The van der Waals surface area contributed by atoms with E-state index in [9.17, 15) is 9.59 Å². The molecule has 0 aliphatic heterocycles. The van der Waals surface area contributed by atoms with Crippen molar-refractivity contribution in [2.24, 2.45) is 0 Å². The van der Waals surface area contributed by atoms with Gasteiger partial charge in [0, 0.05) is 30.7 Å². The van der Waals surface area contributed by atoms with Gasteiger partial charge in [-0.15, -0.1) is 11.8 Å². The number of carbonyl (C=O) groups is 2. The third-order valence-electron chi connectivity index (χ3n) is 2.50. The van der Waals surface area contributed by atoms with Crippen LogP contribution in [-0.2, 0) is 9.59 Å². The standard InChI is InChI=1S/C13H16ClNO3S/c1-15(8-6-13(17)18)12(16)7-9-19-11-5-3-2-4-10(11)14/h2-5H,6-9H2,1H3,(H,17,18). The van der Waals surface area contributed by atoms with Crippen molar-refractivity contribution in [3.63, 3.8) is 0 Å². The number of hydrogen-bond donors (Lipinski definition) is 1. The fraction of sp³-hybridized carbons (Fsp3) is 0.385. The van der Waals surface area contributed by atoms with E-state index < -0.39 is 5.97 Å². The number of thioether (sulfide) groups is 1. The number of rotatable bonds is 7. The molecule has 0 unspecified atom stereocenters. The molecular weight excluding hydrogens is 286 g/mol. The molecular formula is C13H16ClNO3S. The Bertz CT molecular complexity index is 453. The molecule has 0 fully saturated rings. The van der Waals surface area contributed by atoms with E-state index in [0.29, 0.717) is 17.2 Å². The zero-order valence-corrected chi connectivity index (χ0v) is 12.2. The van der Waals surface area contributed by atoms with E-state index in [-0.39, 0.29) is 18.9 Å². The minimum atomic E-state index is -0.898. The molecule has 0 atom stereocenters. The maximum atomic E-state index is 11.7. The van der Waals surface area contributed by atoms with Gasteiger partial charge in [0.25, 0.3) is 0 Å². The second kappa shape index (κ2) is 8.07. The summed E-state index contributed by atoms with van der Waals surface area (Å²) >= 11 is 7.53. The maximum absolute atomic E-state index is 11.7. The van der Waals surface area contributed by atoms with E-state index in [1.807, 2.05) is 24.3 Å². The summed E-state index contributed by atoms with van der Waals surface area (Å²) in [6, 6.07) is 7.47. The van der Waals surface area contributed by atoms with Crippen molar-refractivity contribution in [2.45, 2.75) is 17.7 Å². The number of carboxylic acid groups (broad SMARTS) is 1. The quantitative estimate of drug-likeness (QED) is 0.787. The molecule has 0 aromatic heterocycles. The van der Waals surface area contributed by atoms with Crippen molar-refractivity contribution in [1.82, 2.24) is 4.90 Å². The van der Waals surface area contributed by atoms with Gasteiger partial charge in [-0.1, -0.05) is 23.7 Å². The second-order valence-corrected chi connectivity index (χ2v) is 5.53. The minimum Gasteiger partial charge on any atom is -0.481 e. The Morgan fingerprint density at radius 2 is 2.00 bits per heavy atom. The van der Waals surface area contributed by atoms with Crippen molar-refractivity contribution in [3.8, 4) is 0 Å². The summed E-state index contributed by atoms with van der Waals surface area (Å²) in [5, 5.41) is 9.22. The molecule has 0 aliphatic carbocycles. The van der Waals surface area contributed by atoms with Crippen LogP contribution in [0.4, 0.5) is 0 Å². The van der Waals surface area contributed by atoms with Gasteiger partial charge >= 0.3 is 5.97 Å². The van der Waals surface area contributed by atoms with Crippen LogP contribution in [0.15, 0.2) is 29.2 Å². The molecule has 1 rings (SSSR count). The molecule has 104 valence electrons. The number of nitrogens with zero attached hydrogens (tertiary/aromatic N) is 1. The lowest BCUT2D eigenvalue weighted by molar-refractivity contribution is -0.138. The summed E-state index contributed by atoms with van der Waals surface area (Å²) in [6.07, 6.45) is 0.339. The van der Waals surface area contributed by atoms with Crippen LogP contribution in [0.1, 0.15) is 12.8 Å². The molecule has 4 nitrogen and oxygen atoms in total. The highest BCUT2D eigenvalue weighted by atomic mass is 35.5. The van der Waals surface area contributed by atoms with Crippen LogP contribution in [0, 0.1) is 0 Å². The first-order valence-electron chi connectivity index (χ1n) is 5.84. The lowest BCUT2D eigenvalue weighted by Crippen LogP contribution is -2.29. The normalized spacial score (nSPS) is 10.2. The predicted octanol–water partition coefficient (Wildman–Crippen LogP) is 2.76. The minimum absolute atomic E-state index is 0.0279. The summed E-state index contributed by atoms with van der Waals surface area (Å²) in [6.45, 7) is 0.241. The summed E-state index contributed by atoms with van der Waals surface area (Å²) in [5.41, 5.74) is 0. The van der Waals surface area contributed by atoms with Gasteiger partial charge in [-0.05, 0) is 12.1 Å². The van der Waals surface area contributed by atoms with Crippen molar-refractivity contribution < 1.29 is 14.7 Å². The number of carbonyl (C=O) groups excluding carboxylic acids is 1. The summed E-state index contributed by atoms with van der Waals surface area (Å²) < 4.78 is 0. The average molecular weight is 302 g/mol. The summed E-state index contributed by atoms with van der Waals surface area (Å²) in [5.74, 6) is -0.328. The van der Waals surface area contributed by atoms with Gasteiger partial charge in [0.15, 0.2) is 0 Å². The zero-order chi connectivity index (χ0) is 14.3. The molecule has 19 heavy (non-hydrogen) atoms. The van der Waals surface area contributed by atoms with E-state index in [0.717, 1.165) is 4.90 Å². The fourth-order valence-electron chi connectivity index (χ4n) is 1.39. The number of amides is 1. The Morgan fingerprint density at radius 1 is 1.32 bits per heavy atom. The molecule has 0 radical (unpaired) electrons. The van der Waals surface area contributed by atoms with E-state index in [4.69, 9.17) is 16.7 Å². The highest BCUT2D eigenvalue weighted by molar-refractivity contribution is 7.99. The van der Waals surface area contributed by atoms with Crippen LogP contribution in [0.2, 0.25) is 5.02 Å². The van der Waals surface area contributed by atoms with Gasteiger partial charge in [0.05, 0.1) is 11.4 Å². The molecule has 0 saturated carbocycles. The largest absolute Gasteiger partial charge is 0.481 e. The Hall–Kier alpha value is -1.20. The van der Waals surface area contributed by atoms with Crippen molar-refractivity contribution in [3.05, 3.63) is 29.3 Å². The molecule has 0 bridgehead atoms. The van der Waals surface area contributed by atoms with Crippen LogP contribution in [0.5, 0.6) is 0 Å². The van der Waals surface area contributed by atoms with Gasteiger partial charge in [-0.3, -0.25) is 9.59 Å². The van der Waals surface area contributed by atoms with Gasteiger partial charge in [0.1, 0.15) is 0 Å². The monoisotopic (exact) mass is 301 g/mol.